The average molecular weight is 526 g/mol. The molecule has 2 heterocycles. The monoisotopic (exact) mass is 525 g/mol. The van der Waals surface area contributed by atoms with Crippen molar-refractivity contribution in [3.63, 3.8) is 0 Å². The fourth-order valence-corrected chi connectivity index (χ4v) is 6.31. The van der Waals surface area contributed by atoms with Gasteiger partial charge in [0.05, 0.1) is 24.7 Å². The summed E-state index contributed by atoms with van der Waals surface area (Å²) in [6.45, 7) is 9.56. The van der Waals surface area contributed by atoms with Crippen LogP contribution in [0.15, 0.2) is 11.0 Å². The lowest BCUT2D eigenvalue weighted by Crippen LogP contribution is -2.31. The van der Waals surface area contributed by atoms with Gasteiger partial charge in [-0.1, -0.05) is 39.5 Å². The molecule has 2 rings (SSSR count). The Morgan fingerprint density at radius 3 is 2.75 bits per heavy atom. The lowest BCUT2D eigenvalue weighted by atomic mass is 10.00. The van der Waals surface area contributed by atoms with Gasteiger partial charge in [0.2, 0.25) is 0 Å². The number of ether oxygens (including phenoxy) is 1. The Labute approximate surface area is 204 Å². The van der Waals surface area contributed by atoms with E-state index in [4.69, 9.17) is 37.2 Å². The van der Waals surface area contributed by atoms with Crippen LogP contribution in [0.5, 0.6) is 0 Å². The van der Waals surface area contributed by atoms with Gasteiger partial charge in [0.1, 0.15) is 0 Å². The zero-order chi connectivity index (χ0) is 24.1. The molecule has 0 aromatic carbocycles. The van der Waals surface area contributed by atoms with Crippen LogP contribution in [0.25, 0.3) is 0 Å². The number of hydrogen-bond acceptors (Lipinski definition) is 8. The van der Waals surface area contributed by atoms with Crippen molar-refractivity contribution in [2.75, 3.05) is 25.5 Å². The number of nitrogens with zero attached hydrogens (tertiary/aromatic N) is 2. The summed E-state index contributed by atoms with van der Waals surface area (Å²) in [6.07, 6.45) is 1.26. The molecule has 8 nitrogen and oxygen atoms in total. The maximum absolute atomic E-state index is 12.3. The highest BCUT2D eigenvalue weighted by Crippen LogP contribution is 2.45. The summed E-state index contributed by atoms with van der Waals surface area (Å²) in [4.78, 5) is 28.4. The Balaban J connectivity index is 1.92. The fourth-order valence-electron chi connectivity index (χ4n) is 2.89. The average Bonchev–Trinajstić information content (AvgIpc) is 3.06. The highest BCUT2D eigenvalue weighted by molar-refractivity contribution is 8.13. The third-order valence-electron chi connectivity index (χ3n) is 4.76. The Hall–Kier alpha value is -0.320. The van der Waals surface area contributed by atoms with Crippen molar-refractivity contribution in [1.29, 1.82) is 0 Å². The van der Waals surface area contributed by atoms with Gasteiger partial charge in [-0.3, -0.25) is 9.36 Å². The molecule has 1 aliphatic rings. The van der Waals surface area contributed by atoms with Crippen molar-refractivity contribution in [3.8, 4) is 0 Å². The van der Waals surface area contributed by atoms with Crippen LogP contribution in [0.4, 0.5) is 0 Å². The number of aromatic nitrogens is 2. The first-order valence-corrected chi connectivity index (χ1v) is 14.6. The van der Waals surface area contributed by atoms with Crippen molar-refractivity contribution in [2.45, 2.75) is 65.7 Å². The van der Waals surface area contributed by atoms with Crippen LogP contribution in [0.1, 0.15) is 51.6 Å². The Kier molecular flexibility index (Phi) is 10.4. The molecule has 32 heavy (non-hydrogen) atoms. The van der Waals surface area contributed by atoms with Crippen LogP contribution >= 0.6 is 30.0 Å². The summed E-state index contributed by atoms with van der Waals surface area (Å²) in [7, 11) is 0. The van der Waals surface area contributed by atoms with E-state index >= 15 is 0 Å². The minimum atomic E-state index is -2.75. The summed E-state index contributed by atoms with van der Waals surface area (Å²) in [6, 6.07) is 0. The zero-order valence-electron chi connectivity index (χ0n) is 19.4. The number of carbonyl (C=O) groups excluding carboxylic acids is 1. The first-order valence-electron chi connectivity index (χ1n) is 10.5. The Morgan fingerprint density at radius 2 is 2.12 bits per heavy atom. The number of thioether (sulfide) groups is 1. The summed E-state index contributed by atoms with van der Waals surface area (Å²) >= 11 is 13.3. The number of carbonyl (C=O) groups is 1. The Morgan fingerprint density at radius 1 is 1.44 bits per heavy atom. The van der Waals surface area contributed by atoms with E-state index in [9.17, 15) is 9.59 Å². The second-order valence-electron chi connectivity index (χ2n) is 8.62. The standard InChI is InChI=1S/C20H33ClN3O5PS2/c1-7-22-30(31,27-8-9-32-18(25)20(4,5)6)28-12-15-10-16(21)17(29-15)24-11-13(2)14(3)23-19(24)26/h11,15-17H,7-10,12H2,1-6H3,(H,22,31). The molecule has 182 valence electrons. The van der Waals surface area contributed by atoms with Crippen molar-refractivity contribution >= 4 is 46.9 Å². The van der Waals surface area contributed by atoms with Gasteiger partial charge in [0, 0.05) is 29.6 Å². The summed E-state index contributed by atoms with van der Waals surface area (Å²) < 4.78 is 19.2. The SMILES string of the molecule is CCNP(=S)(OCCSC(=O)C(C)(C)C)OCC1CC(Cl)C(n2cc(C)c(C)nc2=O)O1. The molecular weight excluding hydrogens is 493 g/mol. The van der Waals surface area contributed by atoms with Crippen molar-refractivity contribution in [1.82, 2.24) is 14.6 Å². The van der Waals surface area contributed by atoms with Crippen LogP contribution < -0.4 is 10.8 Å². The molecule has 0 amide bonds. The third-order valence-corrected chi connectivity index (χ3v) is 9.14. The minimum Gasteiger partial charge on any atom is -0.351 e. The number of hydrogen-bond donors (Lipinski definition) is 1. The summed E-state index contributed by atoms with van der Waals surface area (Å²) in [5, 5.41) is 2.82. The Bertz CT molecular complexity index is 908. The van der Waals surface area contributed by atoms with Crippen LogP contribution in [-0.2, 0) is 30.4 Å². The maximum atomic E-state index is 12.3. The second kappa shape index (κ2) is 11.9. The van der Waals surface area contributed by atoms with E-state index in [2.05, 4.69) is 10.1 Å². The predicted octanol–water partition coefficient (Wildman–Crippen LogP) is 3.93. The van der Waals surface area contributed by atoms with Gasteiger partial charge < -0.3 is 13.8 Å². The summed E-state index contributed by atoms with van der Waals surface area (Å²) in [5.74, 6) is 0.498. The normalized spacial score (nSPS) is 23.3. The van der Waals surface area contributed by atoms with Gasteiger partial charge in [0.15, 0.2) is 11.3 Å². The first-order chi connectivity index (χ1) is 14.9. The highest BCUT2D eigenvalue weighted by atomic mass is 35.5. The topological polar surface area (TPSA) is 91.7 Å². The van der Waals surface area contributed by atoms with Gasteiger partial charge in [0.25, 0.3) is 6.64 Å². The van der Waals surface area contributed by atoms with E-state index in [-0.39, 0.29) is 17.8 Å². The second-order valence-corrected chi connectivity index (χ2v) is 13.5. The lowest BCUT2D eigenvalue weighted by molar-refractivity contribution is -0.117. The molecule has 1 fully saturated rings. The maximum Gasteiger partial charge on any atom is 0.349 e. The van der Waals surface area contributed by atoms with Gasteiger partial charge in [-0.2, -0.15) is 4.98 Å². The fraction of sp³-hybridized carbons (Fsp3) is 0.750. The molecule has 1 aromatic rings. The number of rotatable bonds is 10. The number of alkyl halides is 1. The van der Waals surface area contributed by atoms with E-state index in [0.717, 1.165) is 5.56 Å². The largest absolute Gasteiger partial charge is 0.351 e. The van der Waals surface area contributed by atoms with E-state index in [1.54, 1.807) is 13.1 Å². The van der Waals surface area contributed by atoms with Gasteiger partial charge in [-0.05, 0) is 37.6 Å². The van der Waals surface area contributed by atoms with E-state index < -0.39 is 29.4 Å². The number of halogens is 1. The zero-order valence-corrected chi connectivity index (χ0v) is 22.7. The minimum absolute atomic E-state index is 0.105. The van der Waals surface area contributed by atoms with Crippen molar-refractivity contribution in [2.24, 2.45) is 5.41 Å². The van der Waals surface area contributed by atoms with Crippen LogP contribution in [0.2, 0.25) is 0 Å². The molecule has 0 spiro atoms. The molecule has 4 unspecified atom stereocenters. The first kappa shape index (κ1) is 27.9. The molecule has 0 aliphatic carbocycles. The van der Waals surface area contributed by atoms with E-state index in [0.29, 0.717) is 31.0 Å². The van der Waals surface area contributed by atoms with Crippen molar-refractivity contribution < 1.29 is 18.6 Å². The van der Waals surface area contributed by atoms with Crippen LogP contribution in [0.3, 0.4) is 0 Å². The summed E-state index contributed by atoms with van der Waals surface area (Å²) in [5.41, 5.74) is 0.774. The van der Waals surface area contributed by atoms with Gasteiger partial charge >= 0.3 is 5.69 Å². The molecule has 12 heteroatoms. The molecule has 0 bridgehead atoms. The molecule has 1 aliphatic heterocycles. The van der Waals surface area contributed by atoms with Crippen LogP contribution in [0, 0.1) is 19.3 Å². The smallest absolute Gasteiger partial charge is 0.349 e. The third kappa shape index (κ3) is 7.87. The number of nitrogens with one attached hydrogen (secondary N) is 1. The number of aryl methyl sites for hydroxylation is 2. The molecule has 1 aromatic heterocycles. The molecule has 0 saturated carbocycles. The molecule has 0 radical (unpaired) electrons. The van der Waals surface area contributed by atoms with Crippen molar-refractivity contribution in [3.05, 3.63) is 27.9 Å². The lowest BCUT2D eigenvalue weighted by Gasteiger charge is -2.24. The molecule has 4 atom stereocenters. The van der Waals surface area contributed by atoms with E-state index in [1.807, 2.05) is 34.6 Å². The highest BCUT2D eigenvalue weighted by Gasteiger charge is 2.37. The molecule has 1 N–H and O–H groups in total. The molecular formula is C20H33ClN3O5PS2. The predicted molar refractivity (Wildman–Crippen MR) is 133 cm³/mol. The van der Waals surface area contributed by atoms with Gasteiger partial charge in [-0.25, -0.2) is 9.88 Å². The quantitative estimate of drug-likeness (QED) is 0.277. The van der Waals surface area contributed by atoms with E-state index in [1.165, 1.54) is 16.3 Å². The van der Waals surface area contributed by atoms with Gasteiger partial charge in [-0.15, -0.1) is 11.6 Å². The molecule has 1 saturated heterocycles. The van der Waals surface area contributed by atoms with Crippen LogP contribution in [-0.4, -0.2) is 51.7 Å².